The summed E-state index contributed by atoms with van der Waals surface area (Å²) in [4.78, 5) is 34.9. The van der Waals surface area contributed by atoms with E-state index in [1.54, 1.807) is 6.07 Å². The van der Waals surface area contributed by atoms with Crippen LogP contribution in [0.5, 0.6) is 0 Å². The smallest absolute Gasteiger partial charge is 0.269 e. The normalized spacial score (nSPS) is 10.7. The van der Waals surface area contributed by atoms with Crippen LogP contribution in [0.4, 0.5) is 10.7 Å². The summed E-state index contributed by atoms with van der Waals surface area (Å²) in [6.07, 6.45) is 2.81. The number of carbonyl (C=O) groups is 2. The van der Waals surface area contributed by atoms with Gasteiger partial charge in [0.25, 0.3) is 11.6 Å². The quantitative estimate of drug-likeness (QED) is 0.373. The number of hydrogen-bond donors (Lipinski definition) is 2. The summed E-state index contributed by atoms with van der Waals surface area (Å²) in [5.41, 5.74) is 7.18. The highest BCUT2D eigenvalue weighted by molar-refractivity contribution is 7.20. The molecule has 140 valence electrons. The number of benzene rings is 2. The van der Waals surface area contributed by atoms with Crippen molar-refractivity contribution in [2.75, 3.05) is 5.32 Å². The molecule has 28 heavy (non-hydrogen) atoms. The van der Waals surface area contributed by atoms with Crippen LogP contribution in [0.2, 0.25) is 0 Å². The number of nitro groups is 1. The van der Waals surface area contributed by atoms with E-state index in [1.807, 2.05) is 30.3 Å². The van der Waals surface area contributed by atoms with Gasteiger partial charge in [-0.2, -0.15) is 0 Å². The van der Waals surface area contributed by atoms with Crippen molar-refractivity contribution in [2.24, 2.45) is 5.73 Å². The molecule has 0 atom stereocenters. The van der Waals surface area contributed by atoms with Crippen molar-refractivity contribution in [3.05, 3.63) is 88.0 Å². The van der Waals surface area contributed by atoms with E-state index < -0.39 is 16.7 Å². The maximum atomic E-state index is 12.2. The Bertz CT molecular complexity index is 1060. The number of carbonyl (C=O) groups excluding carboxylic acids is 2. The highest BCUT2D eigenvalue weighted by Crippen LogP contribution is 2.35. The number of nitrogens with zero attached hydrogens (tertiary/aromatic N) is 1. The maximum Gasteiger partial charge on any atom is 0.269 e. The predicted octanol–water partition coefficient (Wildman–Crippen LogP) is 4.07. The fourth-order valence-corrected chi connectivity index (χ4v) is 3.52. The van der Waals surface area contributed by atoms with Gasteiger partial charge in [-0.15, -0.1) is 11.3 Å². The molecule has 0 aliphatic rings. The van der Waals surface area contributed by atoms with Crippen LogP contribution in [0, 0.1) is 10.1 Å². The van der Waals surface area contributed by atoms with Crippen molar-refractivity contribution in [1.82, 2.24) is 0 Å². The van der Waals surface area contributed by atoms with E-state index in [9.17, 15) is 19.7 Å². The average molecular weight is 393 g/mol. The minimum atomic E-state index is -0.631. The van der Waals surface area contributed by atoms with Crippen LogP contribution in [-0.4, -0.2) is 16.7 Å². The van der Waals surface area contributed by atoms with Crippen molar-refractivity contribution in [3.8, 4) is 10.4 Å². The molecule has 2 amide bonds. The lowest BCUT2D eigenvalue weighted by Crippen LogP contribution is -2.14. The number of primary amides is 1. The Balaban J connectivity index is 1.77. The average Bonchev–Trinajstić information content (AvgIpc) is 3.11. The molecular weight excluding hydrogens is 378 g/mol. The first-order chi connectivity index (χ1) is 13.4. The van der Waals surface area contributed by atoms with E-state index in [-0.39, 0.29) is 11.3 Å². The van der Waals surface area contributed by atoms with Crippen LogP contribution in [0.15, 0.2) is 66.7 Å². The SMILES string of the molecule is NC(=O)c1cc(-c2ccccc2)sc1NC(=O)/C=C/c1ccc([N+](=O)[O-])cc1. The second-order valence-electron chi connectivity index (χ2n) is 5.75. The molecule has 0 unspecified atom stereocenters. The molecular formula is C20H15N3O4S. The third-order valence-electron chi connectivity index (χ3n) is 3.82. The molecule has 0 bridgehead atoms. The molecule has 2 aromatic carbocycles. The van der Waals surface area contributed by atoms with Gasteiger partial charge in [-0.05, 0) is 35.4 Å². The number of amides is 2. The van der Waals surface area contributed by atoms with Crippen molar-refractivity contribution in [2.45, 2.75) is 0 Å². The summed E-state index contributed by atoms with van der Waals surface area (Å²) >= 11 is 1.25. The van der Waals surface area contributed by atoms with Gasteiger partial charge in [0.1, 0.15) is 5.00 Å². The Morgan fingerprint density at radius 3 is 2.36 bits per heavy atom. The maximum absolute atomic E-state index is 12.2. The first-order valence-corrected chi connectivity index (χ1v) is 8.98. The summed E-state index contributed by atoms with van der Waals surface area (Å²) in [7, 11) is 0. The number of nitrogens with one attached hydrogen (secondary N) is 1. The molecule has 1 aromatic heterocycles. The van der Waals surface area contributed by atoms with E-state index in [0.717, 1.165) is 10.4 Å². The monoisotopic (exact) mass is 393 g/mol. The van der Waals surface area contributed by atoms with Crippen molar-refractivity contribution < 1.29 is 14.5 Å². The Hall–Kier alpha value is -3.78. The number of nitrogens with two attached hydrogens (primary N) is 1. The van der Waals surface area contributed by atoms with Crippen LogP contribution < -0.4 is 11.1 Å². The molecule has 0 aliphatic carbocycles. The third kappa shape index (κ3) is 4.49. The molecule has 0 saturated heterocycles. The summed E-state index contributed by atoms with van der Waals surface area (Å²) in [5.74, 6) is -1.07. The highest BCUT2D eigenvalue weighted by Gasteiger charge is 2.16. The van der Waals surface area contributed by atoms with Crippen LogP contribution in [0.3, 0.4) is 0 Å². The minimum absolute atomic E-state index is 0.0280. The topological polar surface area (TPSA) is 115 Å². The minimum Gasteiger partial charge on any atom is -0.366 e. The Morgan fingerprint density at radius 2 is 1.75 bits per heavy atom. The summed E-state index contributed by atoms with van der Waals surface area (Å²) in [6.45, 7) is 0. The van der Waals surface area contributed by atoms with E-state index in [4.69, 9.17) is 5.73 Å². The fourth-order valence-electron chi connectivity index (χ4n) is 2.44. The van der Waals surface area contributed by atoms with Gasteiger partial charge in [-0.3, -0.25) is 19.7 Å². The van der Waals surface area contributed by atoms with E-state index in [1.165, 1.54) is 47.8 Å². The zero-order valence-electron chi connectivity index (χ0n) is 14.5. The number of nitro benzene ring substituents is 1. The van der Waals surface area contributed by atoms with Gasteiger partial charge in [0.15, 0.2) is 0 Å². The van der Waals surface area contributed by atoms with Crippen LogP contribution >= 0.6 is 11.3 Å². The Morgan fingerprint density at radius 1 is 1.07 bits per heavy atom. The van der Waals surface area contributed by atoms with Gasteiger partial charge >= 0.3 is 0 Å². The number of non-ortho nitro benzene ring substituents is 1. The van der Waals surface area contributed by atoms with Crippen LogP contribution in [0.25, 0.3) is 16.5 Å². The largest absolute Gasteiger partial charge is 0.366 e. The lowest BCUT2D eigenvalue weighted by Gasteiger charge is -2.01. The molecule has 8 heteroatoms. The predicted molar refractivity (Wildman–Crippen MR) is 109 cm³/mol. The molecule has 3 aromatic rings. The number of anilines is 1. The first-order valence-electron chi connectivity index (χ1n) is 8.16. The van der Waals surface area contributed by atoms with E-state index in [2.05, 4.69) is 5.32 Å². The Kier molecular flexibility index (Phi) is 5.61. The van der Waals surface area contributed by atoms with Crippen molar-refractivity contribution in [1.29, 1.82) is 0 Å². The number of thiophene rings is 1. The standard InChI is InChI=1S/C20H15N3O4S/c21-19(25)16-12-17(14-4-2-1-3-5-14)28-20(16)22-18(24)11-8-13-6-9-15(10-7-13)23(26)27/h1-12H,(H2,21,25)(H,22,24)/b11-8+. The second kappa shape index (κ2) is 8.28. The summed E-state index contributed by atoms with van der Waals surface area (Å²) in [6, 6.07) is 16.9. The number of hydrogen-bond acceptors (Lipinski definition) is 5. The van der Waals surface area contributed by atoms with E-state index in [0.29, 0.717) is 10.6 Å². The molecule has 0 fully saturated rings. The van der Waals surface area contributed by atoms with Crippen molar-refractivity contribution in [3.63, 3.8) is 0 Å². The van der Waals surface area contributed by atoms with Crippen LogP contribution in [0.1, 0.15) is 15.9 Å². The summed E-state index contributed by atoms with van der Waals surface area (Å²) in [5, 5.41) is 13.7. The van der Waals surface area contributed by atoms with Crippen LogP contribution in [-0.2, 0) is 4.79 Å². The molecule has 3 rings (SSSR count). The zero-order chi connectivity index (χ0) is 20.1. The van der Waals surface area contributed by atoms with Crippen molar-refractivity contribution >= 4 is 39.9 Å². The fraction of sp³-hybridized carbons (Fsp3) is 0. The zero-order valence-corrected chi connectivity index (χ0v) is 15.3. The van der Waals surface area contributed by atoms with Gasteiger partial charge in [0.2, 0.25) is 5.91 Å². The van der Waals surface area contributed by atoms with Gasteiger partial charge in [0, 0.05) is 23.1 Å². The highest BCUT2D eigenvalue weighted by atomic mass is 32.1. The summed E-state index contributed by atoms with van der Waals surface area (Å²) < 4.78 is 0. The molecule has 3 N–H and O–H groups in total. The van der Waals surface area contributed by atoms with Gasteiger partial charge in [-0.1, -0.05) is 30.3 Å². The second-order valence-corrected chi connectivity index (χ2v) is 6.81. The number of rotatable bonds is 6. The first kappa shape index (κ1) is 19.0. The molecule has 0 spiro atoms. The lowest BCUT2D eigenvalue weighted by molar-refractivity contribution is -0.384. The molecule has 1 heterocycles. The third-order valence-corrected chi connectivity index (χ3v) is 4.92. The Labute approximate surface area is 164 Å². The molecule has 7 nitrogen and oxygen atoms in total. The molecule has 0 radical (unpaired) electrons. The molecule has 0 aliphatic heterocycles. The molecule has 0 saturated carbocycles. The van der Waals surface area contributed by atoms with E-state index >= 15 is 0 Å². The lowest BCUT2D eigenvalue weighted by atomic mass is 10.1. The van der Waals surface area contributed by atoms with Gasteiger partial charge < -0.3 is 11.1 Å². The van der Waals surface area contributed by atoms with Gasteiger partial charge in [0.05, 0.1) is 10.5 Å². The van der Waals surface area contributed by atoms with Gasteiger partial charge in [-0.25, -0.2) is 0 Å².